The smallest absolute Gasteiger partial charge is 0.128 e. The van der Waals surface area contributed by atoms with Crippen molar-refractivity contribution in [3.8, 4) is 0 Å². The minimum atomic E-state index is -0.526. The number of nitrogens with one attached hydrogen (secondary N) is 1. The predicted molar refractivity (Wildman–Crippen MR) is 63.1 cm³/mol. The van der Waals surface area contributed by atoms with Gasteiger partial charge in [0.05, 0.1) is 19.3 Å². The number of halogens is 1. The molecule has 1 saturated carbocycles. The number of ether oxygens (including phenoxy) is 1. The Morgan fingerprint density at radius 2 is 2.18 bits per heavy atom. The van der Waals surface area contributed by atoms with Gasteiger partial charge in [0.15, 0.2) is 0 Å². The highest BCUT2D eigenvalue weighted by Crippen LogP contribution is 2.18. The van der Waals surface area contributed by atoms with Crippen LogP contribution in [0.3, 0.4) is 0 Å². The monoisotopic (exact) mass is 239 g/mol. The minimum Gasteiger partial charge on any atom is -0.389 e. The maximum atomic E-state index is 13.2. The maximum absolute atomic E-state index is 13.2. The Morgan fingerprint density at radius 1 is 1.41 bits per heavy atom. The standard InChI is InChI=1S/C13H18FNO2/c14-13-4-2-1-3-10(13)8-17-9-12(16)7-15-11-5-6-11/h1-4,11-12,15-16H,5-9H2/t12-/m1/s1. The maximum Gasteiger partial charge on any atom is 0.128 e. The molecule has 0 heterocycles. The van der Waals surface area contributed by atoms with E-state index < -0.39 is 6.10 Å². The van der Waals surface area contributed by atoms with Crippen molar-refractivity contribution in [3.05, 3.63) is 35.6 Å². The second-order valence-corrected chi connectivity index (χ2v) is 4.44. The largest absolute Gasteiger partial charge is 0.389 e. The van der Waals surface area contributed by atoms with Crippen LogP contribution >= 0.6 is 0 Å². The third-order valence-electron chi connectivity index (χ3n) is 2.75. The molecule has 17 heavy (non-hydrogen) atoms. The molecule has 1 atom stereocenters. The van der Waals surface area contributed by atoms with Gasteiger partial charge >= 0.3 is 0 Å². The lowest BCUT2D eigenvalue weighted by Gasteiger charge is -2.12. The van der Waals surface area contributed by atoms with Crippen molar-refractivity contribution >= 4 is 0 Å². The Morgan fingerprint density at radius 3 is 2.88 bits per heavy atom. The van der Waals surface area contributed by atoms with Gasteiger partial charge in [-0.2, -0.15) is 0 Å². The Balaban J connectivity index is 1.62. The van der Waals surface area contributed by atoms with Crippen LogP contribution < -0.4 is 5.32 Å². The molecular weight excluding hydrogens is 221 g/mol. The van der Waals surface area contributed by atoms with E-state index in [4.69, 9.17) is 4.74 Å². The van der Waals surface area contributed by atoms with Crippen molar-refractivity contribution < 1.29 is 14.2 Å². The predicted octanol–water partition coefficient (Wildman–Crippen LogP) is 1.46. The van der Waals surface area contributed by atoms with Crippen LogP contribution in [0.2, 0.25) is 0 Å². The fourth-order valence-corrected chi connectivity index (χ4v) is 1.57. The highest BCUT2D eigenvalue weighted by molar-refractivity contribution is 5.16. The summed E-state index contributed by atoms with van der Waals surface area (Å²) in [5.41, 5.74) is 0.523. The van der Waals surface area contributed by atoms with Gasteiger partial charge in [-0.05, 0) is 18.9 Å². The number of hydrogen-bond acceptors (Lipinski definition) is 3. The topological polar surface area (TPSA) is 41.5 Å². The highest BCUT2D eigenvalue weighted by atomic mass is 19.1. The summed E-state index contributed by atoms with van der Waals surface area (Å²) < 4.78 is 18.5. The molecule has 1 fully saturated rings. The van der Waals surface area contributed by atoms with Crippen molar-refractivity contribution in [2.45, 2.75) is 31.6 Å². The van der Waals surface area contributed by atoms with Crippen molar-refractivity contribution in [1.29, 1.82) is 0 Å². The van der Waals surface area contributed by atoms with Gasteiger partial charge in [-0.15, -0.1) is 0 Å². The van der Waals surface area contributed by atoms with E-state index in [0.29, 0.717) is 18.2 Å². The first-order valence-electron chi connectivity index (χ1n) is 5.98. The zero-order valence-electron chi connectivity index (χ0n) is 9.73. The lowest BCUT2D eigenvalue weighted by Crippen LogP contribution is -2.31. The number of aliphatic hydroxyl groups is 1. The molecule has 0 radical (unpaired) electrons. The Labute approximate surface area is 101 Å². The number of aliphatic hydroxyl groups excluding tert-OH is 1. The molecule has 2 N–H and O–H groups in total. The van der Waals surface area contributed by atoms with Gasteiger partial charge in [0.25, 0.3) is 0 Å². The first-order valence-corrected chi connectivity index (χ1v) is 5.98. The van der Waals surface area contributed by atoms with Crippen LogP contribution in [-0.4, -0.2) is 30.4 Å². The summed E-state index contributed by atoms with van der Waals surface area (Å²) in [5.74, 6) is -0.266. The summed E-state index contributed by atoms with van der Waals surface area (Å²) in [6.07, 6.45) is 1.87. The molecule has 0 unspecified atom stereocenters. The lowest BCUT2D eigenvalue weighted by molar-refractivity contribution is 0.0277. The highest BCUT2D eigenvalue weighted by Gasteiger charge is 2.21. The molecule has 1 aliphatic rings. The third-order valence-corrected chi connectivity index (χ3v) is 2.75. The summed E-state index contributed by atoms with van der Waals surface area (Å²) in [5, 5.41) is 12.8. The van der Waals surface area contributed by atoms with E-state index >= 15 is 0 Å². The molecule has 0 amide bonds. The van der Waals surface area contributed by atoms with Crippen LogP contribution in [-0.2, 0) is 11.3 Å². The summed E-state index contributed by atoms with van der Waals surface area (Å²) >= 11 is 0. The van der Waals surface area contributed by atoms with E-state index in [0.717, 1.165) is 0 Å². The van der Waals surface area contributed by atoms with E-state index in [9.17, 15) is 9.50 Å². The second kappa shape index (κ2) is 6.10. The molecule has 1 aromatic rings. The summed E-state index contributed by atoms with van der Waals surface area (Å²) in [6, 6.07) is 7.09. The summed E-state index contributed by atoms with van der Waals surface area (Å²) in [6.45, 7) is 0.975. The van der Waals surface area contributed by atoms with Gasteiger partial charge in [-0.1, -0.05) is 18.2 Å². The van der Waals surface area contributed by atoms with Crippen LogP contribution in [0, 0.1) is 5.82 Å². The molecule has 2 rings (SSSR count). The Hall–Kier alpha value is -0.970. The molecule has 0 saturated heterocycles. The van der Waals surface area contributed by atoms with Crippen LogP contribution in [0.1, 0.15) is 18.4 Å². The van der Waals surface area contributed by atoms with E-state index in [2.05, 4.69) is 5.32 Å². The minimum absolute atomic E-state index is 0.202. The molecule has 3 nitrogen and oxygen atoms in total. The zero-order valence-corrected chi connectivity index (χ0v) is 9.73. The van der Waals surface area contributed by atoms with E-state index in [-0.39, 0.29) is 19.0 Å². The summed E-state index contributed by atoms with van der Waals surface area (Å²) in [4.78, 5) is 0. The van der Waals surface area contributed by atoms with Crippen LogP contribution in [0.5, 0.6) is 0 Å². The van der Waals surface area contributed by atoms with Crippen molar-refractivity contribution in [2.24, 2.45) is 0 Å². The molecule has 94 valence electrons. The lowest BCUT2D eigenvalue weighted by atomic mass is 10.2. The van der Waals surface area contributed by atoms with Crippen LogP contribution in [0.15, 0.2) is 24.3 Å². The average Bonchev–Trinajstić information content (AvgIpc) is 3.13. The SMILES string of the molecule is O[C@H](CNC1CC1)COCc1ccccc1F. The average molecular weight is 239 g/mol. The van der Waals surface area contributed by atoms with Crippen molar-refractivity contribution in [1.82, 2.24) is 5.32 Å². The fraction of sp³-hybridized carbons (Fsp3) is 0.538. The normalized spacial score (nSPS) is 17.1. The third kappa shape index (κ3) is 4.42. The van der Waals surface area contributed by atoms with Gasteiger partial charge in [0.2, 0.25) is 0 Å². The van der Waals surface area contributed by atoms with Gasteiger partial charge in [-0.25, -0.2) is 4.39 Å². The van der Waals surface area contributed by atoms with E-state index in [1.807, 2.05) is 0 Å². The first kappa shape index (κ1) is 12.5. The van der Waals surface area contributed by atoms with E-state index in [1.165, 1.54) is 18.9 Å². The fourth-order valence-electron chi connectivity index (χ4n) is 1.57. The molecule has 4 heteroatoms. The van der Waals surface area contributed by atoms with Gasteiger partial charge in [-0.3, -0.25) is 0 Å². The van der Waals surface area contributed by atoms with Gasteiger partial charge < -0.3 is 15.2 Å². The first-order chi connectivity index (χ1) is 8.25. The van der Waals surface area contributed by atoms with E-state index in [1.54, 1.807) is 18.2 Å². The number of hydrogen-bond donors (Lipinski definition) is 2. The number of benzene rings is 1. The molecule has 1 aliphatic carbocycles. The molecule has 0 aliphatic heterocycles. The van der Waals surface area contributed by atoms with Crippen LogP contribution in [0.4, 0.5) is 4.39 Å². The van der Waals surface area contributed by atoms with Gasteiger partial charge in [0, 0.05) is 18.2 Å². The Kier molecular flexibility index (Phi) is 4.48. The van der Waals surface area contributed by atoms with Gasteiger partial charge in [0.1, 0.15) is 5.82 Å². The molecule has 1 aromatic carbocycles. The summed E-state index contributed by atoms with van der Waals surface area (Å²) in [7, 11) is 0. The molecule has 0 bridgehead atoms. The quantitative estimate of drug-likeness (QED) is 0.757. The second-order valence-electron chi connectivity index (χ2n) is 4.44. The molecule has 0 spiro atoms. The molecular formula is C13H18FNO2. The molecule has 0 aromatic heterocycles. The van der Waals surface area contributed by atoms with Crippen LogP contribution in [0.25, 0.3) is 0 Å². The Bertz CT molecular complexity index is 355. The zero-order chi connectivity index (χ0) is 12.1. The van der Waals surface area contributed by atoms with Crippen molar-refractivity contribution in [3.63, 3.8) is 0 Å². The van der Waals surface area contributed by atoms with Crippen molar-refractivity contribution in [2.75, 3.05) is 13.2 Å². The number of rotatable bonds is 7.